The zero-order chi connectivity index (χ0) is 11.3. The monoisotopic (exact) mass is 208 g/mol. The number of nitrogens with one attached hydrogen (secondary N) is 1. The van der Waals surface area contributed by atoms with Crippen LogP contribution >= 0.6 is 0 Å². The standard InChI is InChI=1S/C11H20N4/c1-9(2)10(8-15(3)4)14-11-7-12-5-6-13-11/h5-7,9-10H,8H2,1-4H3,(H,13,14). The van der Waals surface area contributed by atoms with E-state index in [2.05, 4.69) is 48.1 Å². The van der Waals surface area contributed by atoms with Crippen LogP contribution in [-0.2, 0) is 0 Å². The Labute approximate surface area is 91.7 Å². The van der Waals surface area contributed by atoms with Crippen molar-refractivity contribution in [3.8, 4) is 0 Å². The van der Waals surface area contributed by atoms with E-state index in [0.29, 0.717) is 12.0 Å². The van der Waals surface area contributed by atoms with Gasteiger partial charge in [0.2, 0.25) is 0 Å². The Balaban J connectivity index is 2.59. The van der Waals surface area contributed by atoms with Gasteiger partial charge in [0.15, 0.2) is 0 Å². The maximum Gasteiger partial charge on any atom is 0.144 e. The maximum atomic E-state index is 4.22. The van der Waals surface area contributed by atoms with Crippen molar-refractivity contribution in [2.45, 2.75) is 19.9 Å². The Morgan fingerprint density at radius 3 is 2.53 bits per heavy atom. The molecule has 0 aliphatic heterocycles. The number of anilines is 1. The average Bonchev–Trinajstić information content (AvgIpc) is 2.17. The van der Waals surface area contributed by atoms with Crippen LogP contribution in [0.1, 0.15) is 13.8 Å². The second-order valence-corrected chi connectivity index (χ2v) is 4.35. The summed E-state index contributed by atoms with van der Waals surface area (Å²) in [5.74, 6) is 1.41. The molecule has 1 aromatic rings. The lowest BCUT2D eigenvalue weighted by atomic mass is 10.0. The molecule has 15 heavy (non-hydrogen) atoms. The smallest absolute Gasteiger partial charge is 0.144 e. The van der Waals surface area contributed by atoms with Crippen molar-refractivity contribution in [3.05, 3.63) is 18.6 Å². The third-order valence-corrected chi connectivity index (χ3v) is 2.26. The number of rotatable bonds is 5. The van der Waals surface area contributed by atoms with Gasteiger partial charge in [0.1, 0.15) is 5.82 Å². The van der Waals surface area contributed by atoms with Crippen LogP contribution in [0, 0.1) is 5.92 Å². The molecule has 0 aliphatic rings. The zero-order valence-electron chi connectivity index (χ0n) is 9.94. The van der Waals surface area contributed by atoms with Crippen LogP contribution in [0.2, 0.25) is 0 Å². The minimum absolute atomic E-state index is 0.400. The summed E-state index contributed by atoms with van der Waals surface area (Å²) in [6, 6.07) is 0.400. The molecule has 1 N–H and O–H groups in total. The fraction of sp³-hybridized carbons (Fsp3) is 0.636. The summed E-state index contributed by atoms with van der Waals surface area (Å²) >= 11 is 0. The molecule has 84 valence electrons. The van der Waals surface area contributed by atoms with E-state index in [9.17, 15) is 0 Å². The Kier molecular flexibility index (Phi) is 4.49. The summed E-state index contributed by atoms with van der Waals surface area (Å²) in [6.07, 6.45) is 5.14. The van der Waals surface area contributed by atoms with Crippen molar-refractivity contribution in [3.63, 3.8) is 0 Å². The van der Waals surface area contributed by atoms with Crippen LogP contribution in [-0.4, -0.2) is 41.5 Å². The molecule has 0 bridgehead atoms. The molecule has 0 fully saturated rings. The molecule has 0 saturated carbocycles. The molecule has 4 heteroatoms. The normalized spacial score (nSPS) is 13.2. The van der Waals surface area contributed by atoms with Crippen molar-refractivity contribution >= 4 is 5.82 Å². The first-order valence-corrected chi connectivity index (χ1v) is 5.27. The fourth-order valence-electron chi connectivity index (χ4n) is 1.38. The summed E-state index contributed by atoms with van der Waals surface area (Å²) in [5.41, 5.74) is 0. The summed E-state index contributed by atoms with van der Waals surface area (Å²) in [6.45, 7) is 5.41. The number of aromatic nitrogens is 2. The van der Waals surface area contributed by atoms with E-state index < -0.39 is 0 Å². The second-order valence-electron chi connectivity index (χ2n) is 4.35. The summed E-state index contributed by atoms with van der Waals surface area (Å²) in [7, 11) is 4.15. The van der Waals surface area contributed by atoms with Crippen LogP contribution in [0.15, 0.2) is 18.6 Å². The number of hydrogen-bond acceptors (Lipinski definition) is 4. The largest absolute Gasteiger partial charge is 0.365 e. The first-order valence-electron chi connectivity index (χ1n) is 5.27. The summed E-state index contributed by atoms with van der Waals surface area (Å²) in [5, 5.41) is 3.39. The minimum atomic E-state index is 0.400. The van der Waals surface area contributed by atoms with Gasteiger partial charge in [-0.3, -0.25) is 4.98 Å². The lowest BCUT2D eigenvalue weighted by molar-refractivity contribution is 0.344. The van der Waals surface area contributed by atoms with Crippen LogP contribution in [0.3, 0.4) is 0 Å². The molecule has 4 nitrogen and oxygen atoms in total. The highest BCUT2D eigenvalue weighted by Gasteiger charge is 2.14. The predicted octanol–water partition coefficient (Wildman–Crippen LogP) is 1.47. The fourth-order valence-corrected chi connectivity index (χ4v) is 1.38. The molecule has 0 saturated heterocycles. The minimum Gasteiger partial charge on any atom is -0.365 e. The molecule has 1 aromatic heterocycles. The van der Waals surface area contributed by atoms with Gasteiger partial charge in [-0.05, 0) is 20.0 Å². The van der Waals surface area contributed by atoms with Crippen molar-refractivity contribution in [1.82, 2.24) is 14.9 Å². The van der Waals surface area contributed by atoms with Crippen LogP contribution in [0.5, 0.6) is 0 Å². The molecule has 0 spiro atoms. The van der Waals surface area contributed by atoms with Crippen molar-refractivity contribution in [1.29, 1.82) is 0 Å². The Bertz CT molecular complexity index is 271. The molecule has 1 heterocycles. The van der Waals surface area contributed by atoms with Crippen molar-refractivity contribution in [2.24, 2.45) is 5.92 Å². The quantitative estimate of drug-likeness (QED) is 0.795. The van der Waals surface area contributed by atoms with Crippen molar-refractivity contribution < 1.29 is 0 Å². The third-order valence-electron chi connectivity index (χ3n) is 2.26. The van der Waals surface area contributed by atoms with Crippen LogP contribution in [0.4, 0.5) is 5.82 Å². The molecule has 1 unspecified atom stereocenters. The van der Waals surface area contributed by atoms with E-state index in [1.54, 1.807) is 18.6 Å². The van der Waals surface area contributed by atoms with Gasteiger partial charge in [0.05, 0.1) is 6.20 Å². The van der Waals surface area contributed by atoms with Gasteiger partial charge in [-0.25, -0.2) is 4.98 Å². The second kappa shape index (κ2) is 5.66. The average molecular weight is 208 g/mol. The molecule has 1 rings (SSSR count). The first-order chi connectivity index (χ1) is 7.09. The summed E-state index contributed by atoms with van der Waals surface area (Å²) < 4.78 is 0. The van der Waals surface area contributed by atoms with Gasteiger partial charge in [-0.2, -0.15) is 0 Å². The molecular formula is C11H20N4. The summed E-state index contributed by atoms with van der Waals surface area (Å²) in [4.78, 5) is 10.4. The topological polar surface area (TPSA) is 41.0 Å². The molecular weight excluding hydrogens is 188 g/mol. The third kappa shape index (κ3) is 4.25. The van der Waals surface area contributed by atoms with Gasteiger partial charge in [0.25, 0.3) is 0 Å². The molecule has 0 amide bonds. The van der Waals surface area contributed by atoms with E-state index in [4.69, 9.17) is 0 Å². The molecule has 0 aromatic carbocycles. The molecule has 0 aliphatic carbocycles. The van der Waals surface area contributed by atoms with E-state index in [0.717, 1.165) is 12.4 Å². The van der Waals surface area contributed by atoms with E-state index in [-0.39, 0.29) is 0 Å². The number of hydrogen-bond donors (Lipinski definition) is 1. The lowest BCUT2D eigenvalue weighted by Gasteiger charge is -2.25. The van der Waals surface area contributed by atoms with Crippen LogP contribution in [0.25, 0.3) is 0 Å². The Morgan fingerprint density at radius 1 is 1.33 bits per heavy atom. The number of nitrogens with zero attached hydrogens (tertiary/aromatic N) is 3. The van der Waals surface area contributed by atoms with Gasteiger partial charge in [-0.15, -0.1) is 0 Å². The van der Waals surface area contributed by atoms with Crippen molar-refractivity contribution in [2.75, 3.05) is 26.0 Å². The SMILES string of the molecule is CC(C)C(CN(C)C)Nc1cnccn1. The highest BCUT2D eigenvalue weighted by Crippen LogP contribution is 2.09. The van der Waals surface area contributed by atoms with E-state index in [1.165, 1.54) is 0 Å². The zero-order valence-corrected chi connectivity index (χ0v) is 9.94. The van der Waals surface area contributed by atoms with Crippen LogP contribution < -0.4 is 5.32 Å². The maximum absolute atomic E-state index is 4.22. The van der Waals surface area contributed by atoms with Gasteiger partial charge < -0.3 is 10.2 Å². The highest BCUT2D eigenvalue weighted by atomic mass is 15.1. The lowest BCUT2D eigenvalue weighted by Crippen LogP contribution is -2.36. The Hall–Kier alpha value is -1.16. The Morgan fingerprint density at radius 2 is 2.07 bits per heavy atom. The highest BCUT2D eigenvalue weighted by molar-refractivity contribution is 5.31. The molecule has 0 radical (unpaired) electrons. The predicted molar refractivity (Wildman–Crippen MR) is 62.8 cm³/mol. The molecule has 1 atom stereocenters. The number of likely N-dealkylation sites (N-methyl/N-ethyl adjacent to an activating group) is 1. The van der Waals surface area contributed by atoms with Gasteiger partial charge >= 0.3 is 0 Å². The van der Waals surface area contributed by atoms with Gasteiger partial charge in [-0.1, -0.05) is 13.8 Å². The van der Waals surface area contributed by atoms with Gasteiger partial charge in [0, 0.05) is 25.0 Å². The first kappa shape index (κ1) is 11.9. The van der Waals surface area contributed by atoms with E-state index in [1.807, 2.05) is 0 Å². The van der Waals surface area contributed by atoms with E-state index >= 15 is 0 Å².